The average molecular weight is 318 g/mol. The summed E-state index contributed by atoms with van der Waals surface area (Å²) in [6.07, 6.45) is 1.93. The quantitative estimate of drug-likeness (QED) is 0.760. The molecule has 0 bridgehead atoms. The molecule has 5 nitrogen and oxygen atoms in total. The van der Waals surface area contributed by atoms with Crippen LogP contribution in [0.5, 0.6) is 0 Å². The van der Waals surface area contributed by atoms with Gasteiger partial charge in [-0.2, -0.15) is 11.8 Å². The summed E-state index contributed by atoms with van der Waals surface area (Å²) in [5.41, 5.74) is 1.94. The third-order valence-corrected chi connectivity index (χ3v) is 5.21. The van der Waals surface area contributed by atoms with E-state index in [0.29, 0.717) is 5.75 Å². The lowest BCUT2D eigenvalue weighted by atomic mass is 10.2. The number of amides is 1. The zero-order chi connectivity index (χ0) is 15.1. The highest BCUT2D eigenvalue weighted by molar-refractivity contribution is 7.99. The highest BCUT2D eigenvalue weighted by atomic mass is 32.2. The van der Waals surface area contributed by atoms with Crippen LogP contribution in [0.3, 0.4) is 0 Å². The molecule has 0 aliphatic rings. The molecule has 0 saturated carbocycles. The van der Waals surface area contributed by atoms with Gasteiger partial charge in [0, 0.05) is 22.6 Å². The lowest BCUT2D eigenvalue weighted by molar-refractivity contribution is -0.119. The van der Waals surface area contributed by atoms with Gasteiger partial charge >= 0.3 is 0 Å². The molecule has 20 heavy (non-hydrogen) atoms. The Labute approximate surface area is 128 Å². The van der Waals surface area contributed by atoms with E-state index < -0.39 is 0 Å². The molecule has 1 aromatic heterocycles. The number of rotatable bonds is 8. The lowest BCUT2D eigenvalue weighted by Crippen LogP contribution is -2.42. The van der Waals surface area contributed by atoms with E-state index >= 15 is 0 Å². The highest BCUT2D eigenvalue weighted by Gasteiger charge is 2.17. The van der Waals surface area contributed by atoms with E-state index in [-0.39, 0.29) is 23.8 Å². The number of nitrogens with zero attached hydrogens (tertiary/aromatic N) is 1. The van der Waals surface area contributed by atoms with Crippen LogP contribution in [0.2, 0.25) is 0 Å². The summed E-state index contributed by atoms with van der Waals surface area (Å²) in [6, 6.07) is -0.0397. The van der Waals surface area contributed by atoms with Crippen LogP contribution in [-0.4, -0.2) is 46.1 Å². The minimum Gasteiger partial charge on any atom is -0.395 e. The Morgan fingerprint density at radius 3 is 2.70 bits per heavy atom. The first kappa shape index (κ1) is 17.4. The summed E-state index contributed by atoms with van der Waals surface area (Å²) in [5.74, 6) is 1.91. The topological polar surface area (TPSA) is 75.4 Å². The fraction of sp³-hybridized carbons (Fsp3) is 0.692. The molecule has 0 radical (unpaired) electrons. The predicted molar refractivity (Wildman–Crippen MR) is 84.1 cm³/mol. The molecule has 1 heterocycles. The van der Waals surface area contributed by atoms with E-state index in [1.807, 2.05) is 27.0 Å². The predicted octanol–water partition coefficient (Wildman–Crippen LogP) is 1.75. The first-order valence-electron chi connectivity index (χ1n) is 6.42. The van der Waals surface area contributed by atoms with Gasteiger partial charge in [0.15, 0.2) is 0 Å². The largest absolute Gasteiger partial charge is 0.395 e. The van der Waals surface area contributed by atoms with Crippen LogP contribution in [0.4, 0.5) is 0 Å². The minimum absolute atomic E-state index is 0.0123. The summed E-state index contributed by atoms with van der Waals surface area (Å²) in [4.78, 5) is 11.8. The summed E-state index contributed by atoms with van der Waals surface area (Å²) in [6.45, 7) is 5.75. The van der Waals surface area contributed by atoms with Gasteiger partial charge in [-0.25, -0.2) is 0 Å². The second kappa shape index (κ2) is 8.59. The molecule has 7 heteroatoms. The highest BCUT2D eigenvalue weighted by Crippen LogP contribution is 2.19. The van der Waals surface area contributed by atoms with Crippen LogP contribution >= 0.6 is 23.5 Å². The van der Waals surface area contributed by atoms with E-state index in [2.05, 4.69) is 10.5 Å². The zero-order valence-electron chi connectivity index (χ0n) is 12.3. The standard InChI is InChI=1S/C13H22N2O3S2/c1-8-11(10(3)18-15-8)6-20-7-13(17)14-9(2)12(5-16)19-4/h9,12,16H,5-7H2,1-4H3,(H,14,17). The number of hydrogen-bond donors (Lipinski definition) is 2. The van der Waals surface area contributed by atoms with E-state index in [0.717, 1.165) is 22.8 Å². The van der Waals surface area contributed by atoms with Crippen molar-refractivity contribution in [2.75, 3.05) is 18.6 Å². The number of carbonyl (C=O) groups excluding carboxylic acids is 1. The number of aliphatic hydroxyl groups is 1. The molecule has 0 aliphatic carbocycles. The first-order chi connectivity index (χ1) is 9.49. The lowest BCUT2D eigenvalue weighted by Gasteiger charge is -2.21. The van der Waals surface area contributed by atoms with Gasteiger partial charge < -0.3 is 14.9 Å². The number of thioether (sulfide) groups is 2. The summed E-state index contributed by atoms with van der Waals surface area (Å²) < 4.78 is 5.08. The van der Waals surface area contributed by atoms with Crippen molar-refractivity contribution in [1.29, 1.82) is 0 Å². The Hall–Kier alpha value is -0.660. The van der Waals surface area contributed by atoms with Gasteiger partial charge in [0.25, 0.3) is 0 Å². The molecule has 2 atom stereocenters. The molecule has 114 valence electrons. The molecule has 1 amide bonds. The van der Waals surface area contributed by atoms with Gasteiger partial charge in [-0.1, -0.05) is 5.16 Å². The average Bonchev–Trinajstić information content (AvgIpc) is 2.71. The van der Waals surface area contributed by atoms with Gasteiger partial charge in [-0.05, 0) is 27.0 Å². The molecule has 0 spiro atoms. The Morgan fingerprint density at radius 2 is 2.20 bits per heavy atom. The molecule has 1 aromatic rings. The van der Waals surface area contributed by atoms with E-state index in [1.54, 1.807) is 11.8 Å². The van der Waals surface area contributed by atoms with Gasteiger partial charge in [0.1, 0.15) is 5.76 Å². The second-order valence-corrected chi connectivity index (χ2v) is 6.67. The SMILES string of the molecule is CSC(CO)C(C)NC(=O)CSCc1c(C)noc1C. The monoisotopic (exact) mass is 318 g/mol. The number of nitrogens with one attached hydrogen (secondary N) is 1. The van der Waals surface area contributed by atoms with Crippen molar-refractivity contribution < 1.29 is 14.4 Å². The van der Waals surface area contributed by atoms with E-state index in [1.165, 1.54) is 11.8 Å². The first-order valence-corrected chi connectivity index (χ1v) is 8.86. The van der Waals surface area contributed by atoms with Crippen molar-refractivity contribution in [3.63, 3.8) is 0 Å². The van der Waals surface area contributed by atoms with Gasteiger partial charge in [0.2, 0.25) is 5.91 Å². The normalized spacial score (nSPS) is 14.1. The van der Waals surface area contributed by atoms with E-state index in [9.17, 15) is 9.90 Å². The molecule has 0 fully saturated rings. The second-order valence-electron chi connectivity index (χ2n) is 4.61. The van der Waals surface area contributed by atoms with Crippen molar-refractivity contribution in [2.24, 2.45) is 0 Å². The maximum absolute atomic E-state index is 11.8. The third kappa shape index (κ3) is 5.03. The molecule has 0 aliphatic heterocycles. The van der Waals surface area contributed by atoms with Crippen molar-refractivity contribution in [2.45, 2.75) is 37.8 Å². The third-order valence-electron chi connectivity index (χ3n) is 3.09. The Balaban J connectivity index is 2.33. The van der Waals surface area contributed by atoms with E-state index in [4.69, 9.17) is 4.52 Å². The molecule has 1 rings (SSSR count). The van der Waals surface area contributed by atoms with Gasteiger partial charge in [0.05, 0.1) is 18.1 Å². The van der Waals surface area contributed by atoms with Crippen molar-refractivity contribution in [3.05, 3.63) is 17.0 Å². The Bertz CT molecular complexity index is 414. The summed E-state index contributed by atoms with van der Waals surface area (Å²) in [7, 11) is 0. The van der Waals surface area contributed by atoms with Crippen LogP contribution in [0, 0.1) is 13.8 Å². The molecule has 2 N–H and O–H groups in total. The molecular weight excluding hydrogens is 296 g/mol. The zero-order valence-corrected chi connectivity index (χ0v) is 13.9. The smallest absolute Gasteiger partial charge is 0.230 e. The molecule has 0 aromatic carbocycles. The molecule has 0 saturated heterocycles. The fourth-order valence-corrected chi connectivity index (χ4v) is 3.39. The van der Waals surface area contributed by atoms with Crippen molar-refractivity contribution in [3.8, 4) is 0 Å². The maximum Gasteiger partial charge on any atom is 0.230 e. The summed E-state index contributed by atoms with van der Waals surface area (Å²) in [5, 5.41) is 16.0. The van der Waals surface area contributed by atoms with Crippen LogP contribution in [-0.2, 0) is 10.5 Å². The maximum atomic E-state index is 11.8. The fourth-order valence-electron chi connectivity index (χ4n) is 1.78. The number of aromatic nitrogens is 1. The van der Waals surface area contributed by atoms with Crippen molar-refractivity contribution >= 4 is 29.4 Å². The van der Waals surface area contributed by atoms with Crippen molar-refractivity contribution in [1.82, 2.24) is 10.5 Å². The van der Waals surface area contributed by atoms with Crippen LogP contribution in [0.1, 0.15) is 23.9 Å². The Kier molecular flexibility index (Phi) is 7.47. The van der Waals surface area contributed by atoms with Crippen LogP contribution in [0.15, 0.2) is 4.52 Å². The minimum atomic E-state index is -0.0397. The molecule has 2 unspecified atom stereocenters. The number of aliphatic hydroxyl groups excluding tert-OH is 1. The van der Waals surface area contributed by atoms with Gasteiger partial charge in [-0.15, -0.1) is 11.8 Å². The molecular formula is C13H22N2O3S2. The number of hydrogen-bond acceptors (Lipinski definition) is 6. The van der Waals surface area contributed by atoms with Crippen LogP contribution < -0.4 is 5.32 Å². The number of aryl methyl sites for hydroxylation is 2. The summed E-state index contributed by atoms with van der Waals surface area (Å²) >= 11 is 3.09. The Morgan fingerprint density at radius 1 is 1.50 bits per heavy atom. The van der Waals surface area contributed by atoms with Gasteiger partial charge in [-0.3, -0.25) is 4.79 Å². The van der Waals surface area contributed by atoms with Crippen LogP contribution in [0.25, 0.3) is 0 Å². The number of carbonyl (C=O) groups is 1.